The lowest BCUT2D eigenvalue weighted by molar-refractivity contribution is 0.465. The van der Waals surface area contributed by atoms with E-state index in [-0.39, 0.29) is 0 Å². The highest BCUT2D eigenvalue weighted by Gasteiger charge is 2.05. The minimum Gasteiger partial charge on any atom is -0.508 e. The van der Waals surface area contributed by atoms with Gasteiger partial charge in [-0.2, -0.15) is 10.2 Å². The number of aromatic nitrogens is 2. The summed E-state index contributed by atoms with van der Waals surface area (Å²) in [7, 11) is 0. The zero-order chi connectivity index (χ0) is 13.0. The topological polar surface area (TPSA) is 46.0 Å². The van der Waals surface area contributed by atoms with E-state index in [1.165, 1.54) is 0 Å². The number of benzene rings is 1. The largest absolute Gasteiger partial charge is 0.508 e. The van der Waals surface area contributed by atoms with Crippen LogP contribution in [0, 0.1) is 0 Å². The molecule has 0 saturated heterocycles. The number of phenols is 1. The molecule has 2 aromatic rings. The highest BCUT2D eigenvalue weighted by atomic mass is 16.3. The lowest BCUT2D eigenvalue weighted by Gasteiger charge is -2.08. The van der Waals surface area contributed by atoms with Crippen molar-refractivity contribution in [2.24, 2.45) is 0 Å². The maximum Gasteiger partial charge on any atom is 0.119 e. The Balaban J connectivity index is 2.21. The lowest BCUT2D eigenvalue weighted by Crippen LogP contribution is -1.88. The summed E-state index contributed by atoms with van der Waals surface area (Å²) in [6, 6.07) is 7.62. The molecule has 0 spiro atoms. The molecule has 3 nitrogen and oxygen atoms in total. The van der Waals surface area contributed by atoms with Crippen LogP contribution in [0.15, 0.2) is 36.7 Å². The van der Waals surface area contributed by atoms with Crippen molar-refractivity contribution in [2.45, 2.75) is 19.8 Å². The van der Waals surface area contributed by atoms with Gasteiger partial charge in [-0.25, -0.2) is 0 Å². The van der Waals surface area contributed by atoms with Gasteiger partial charge >= 0.3 is 0 Å². The molecule has 1 N–H and O–H groups in total. The summed E-state index contributed by atoms with van der Waals surface area (Å²) in [4.78, 5) is 0. The number of hydrogen-bond acceptors (Lipinski definition) is 3. The molecule has 0 aliphatic heterocycles. The summed E-state index contributed by atoms with van der Waals surface area (Å²) < 4.78 is 0. The Bertz CT molecular complexity index is 548. The predicted molar refractivity (Wildman–Crippen MR) is 73.2 cm³/mol. The fourth-order valence-electron chi connectivity index (χ4n) is 1.74. The minimum atomic E-state index is 0.326. The molecule has 0 saturated carbocycles. The quantitative estimate of drug-likeness (QED) is 0.893. The molecule has 18 heavy (non-hydrogen) atoms. The fourth-order valence-corrected chi connectivity index (χ4v) is 1.74. The van der Waals surface area contributed by atoms with Gasteiger partial charge < -0.3 is 5.11 Å². The molecule has 1 heterocycles. The molecular weight excluding hydrogens is 224 g/mol. The van der Waals surface area contributed by atoms with Crippen LogP contribution in [-0.4, -0.2) is 15.3 Å². The normalized spacial score (nSPS) is 11.3. The number of phenolic OH excluding ortho intramolecular Hbond substituents is 1. The van der Waals surface area contributed by atoms with E-state index in [0.717, 1.165) is 16.7 Å². The van der Waals surface area contributed by atoms with Gasteiger partial charge in [0.1, 0.15) is 5.75 Å². The van der Waals surface area contributed by atoms with Crippen molar-refractivity contribution in [3.05, 3.63) is 53.3 Å². The molecule has 0 aliphatic rings. The fraction of sp³-hybridized carbons (Fsp3) is 0.200. The Hall–Kier alpha value is -2.16. The number of rotatable bonds is 3. The molecule has 3 heteroatoms. The monoisotopic (exact) mass is 240 g/mol. The Labute approximate surface area is 107 Å². The van der Waals surface area contributed by atoms with Crippen LogP contribution >= 0.6 is 0 Å². The Morgan fingerprint density at radius 3 is 2.44 bits per heavy atom. The first-order valence-electron chi connectivity index (χ1n) is 5.94. The molecule has 2 rings (SSSR count). The van der Waals surface area contributed by atoms with Crippen LogP contribution < -0.4 is 0 Å². The second-order valence-electron chi connectivity index (χ2n) is 4.48. The summed E-state index contributed by atoms with van der Waals surface area (Å²) in [6.07, 6.45) is 7.23. The van der Waals surface area contributed by atoms with Crippen molar-refractivity contribution >= 4 is 12.2 Å². The van der Waals surface area contributed by atoms with Crippen LogP contribution in [0.2, 0.25) is 0 Å². The van der Waals surface area contributed by atoms with Crippen LogP contribution in [0.3, 0.4) is 0 Å². The van der Waals surface area contributed by atoms with Gasteiger partial charge in [-0.1, -0.05) is 38.1 Å². The van der Waals surface area contributed by atoms with Gasteiger partial charge in [0.05, 0.1) is 12.4 Å². The standard InChI is InChI=1S/C15H16N2O/c1-11(2)14-6-5-12(9-15(14)18)3-4-13-7-8-16-17-10-13/h3-11,18H,1-2H3/b4-3+. The van der Waals surface area contributed by atoms with Crippen molar-refractivity contribution in [1.29, 1.82) is 0 Å². The van der Waals surface area contributed by atoms with Crippen LogP contribution in [-0.2, 0) is 0 Å². The zero-order valence-electron chi connectivity index (χ0n) is 10.5. The lowest BCUT2D eigenvalue weighted by atomic mass is 10.00. The van der Waals surface area contributed by atoms with Gasteiger partial charge in [-0.05, 0) is 34.7 Å². The van der Waals surface area contributed by atoms with Crippen molar-refractivity contribution in [2.75, 3.05) is 0 Å². The van der Waals surface area contributed by atoms with Gasteiger partial charge in [0, 0.05) is 0 Å². The van der Waals surface area contributed by atoms with Crippen LogP contribution in [0.5, 0.6) is 5.75 Å². The molecule has 0 bridgehead atoms. The van der Waals surface area contributed by atoms with E-state index in [2.05, 4.69) is 24.0 Å². The van der Waals surface area contributed by atoms with Crippen molar-refractivity contribution in [3.63, 3.8) is 0 Å². The third-order valence-electron chi connectivity index (χ3n) is 2.75. The molecule has 0 amide bonds. The van der Waals surface area contributed by atoms with Gasteiger partial charge in [0.2, 0.25) is 0 Å². The summed E-state index contributed by atoms with van der Waals surface area (Å²) in [5, 5.41) is 17.4. The van der Waals surface area contributed by atoms with E-state index in [4.69, 9.17) is 0 Å². The van der Waals surface area contributed by atoms with E-state index in [9.17, 15) is 5.11 Å². The highest BCUT2D eigenvalue weighted by molar-refractivity contribution is 5.70. The van der Waals surface area contributed by atoms with Gasteiger partial charge in [-0.3, -0.25) is 0 Å². The first-order chi connectivity index (χ1) is 8.66. The first kappa shape index (κ1) is 12.3. The van der Waals surface area contributed by atoms with Crippen molar-refractivity contribution in [3.8, 4) is 5.75 Å². The van der Waals surface area contributed by atoms with Crippen molar-refractivity contribution < 1.29 is 5.11 Å². The third kappa shape index (κ3) is 2.94. The summed E-state index contributed by atoms with van der Waals surface area (Å²) >= 11 is 0. The summed E-state index contributed by atoms with van der Waals surface area (Å²) in [6.45, 7) is 4.13. The second-order valence-corrected chi connectivity index (χ2v) is 4.48. The molecule has 1 aromatic carbocycles. The molecule has 92 valence electrons. The predicted octanol–water partition coefficient (Wildman–Crippen LogP) is 3.48. The van der Waals surface area contributed by atoms with Crippen molar-refractivity contribution in [1.82, 2.24) is 10.2 Å². The molecule has 0 unspecified atom stereocenters. The van der Waals surface area contributed by atoms with E-state index in [1.807, 2.05) is 30.4 Å². The van der Waals surface area contributed by atoms with Gasteiger partial charge in [-0.15, -0.1) is 0 Å². The maximum atomic E-state index is 9.90. The van der Waals surface area contributed by atoms with E-state index in [0.29, 0.717) is 11.7 Å². The average Bonchev–Trinajstić information content (AvgIpc) is 2.37. The Morgan fingerprint density at radius 1 is 1.06 bits per heavy atom. The number of aromatic hydroxyl groups is 1. The minimum absolute atomic E-state index is 0.326. The third-order valence-corrected chi connectivity index (χ3v) is 2.75. The van der Waals surface area contributed by atoms with E-state index >= 15 is 0 Å². The van der Waals surface area contributed by atoms with Gasteiger partial charge in [0.25, 0.3) is 0 Å². The van der Waals surface area contributed by atoms with E-state index in [1.54, 1.807) is 18.5 Å². The molecule has 0 radical (unpaired) electrons. The first-order valence-corrected chi connectivity index (χ1v) is 5.94. The SMILES string of the molecule is CC(C)c1ccc(/C=C/c2ccnnc2)cc1O. The smallest absolute Gasteiger partial charge is 0.119 e. The highest BCUT2D eigenvalue weighted by Crippen LogP contribution is 2.26. The van der Waals surface area contributed by atoms with Crippen LogP contribution in [0.4, 0.5) is 0 Å². The Kier molecular flexibility index (Phi) is 3.72. The molecule has 1 aromatic heterocycles. The number of hydrogen-bond donors (Lipinski definition) is 1. The van der Waals surface area contributed by atoms with Crippen LogP contribution in [0.25, 0.3) is 12.2 Å². The average molecular weight is 240 g/mol. The molecule has 0 fully saturated rings. The molecule has 0 atom stereocenters. The second kappa shape index (κ2) is 5.45. The van der Waals surface area contributed by atoms with Gasteiger partial charge in [0.15, 0.2) is 0 Å². The van der Waals surface area contributed by atoms with Crippen LogP contribution in [0.1, 0.15) is 36.5 Å². The maximum absolute atomic E-state index is 9.90. The molecule has 0 aliphatic carbocycles. The zero-order valence-corrected chi connectivity index (χ0v) is 10.5. The summed E-state index contributed by atoms with van der Waals surface area (Å²) in [5.74, 6) is 0.674. The summed E-state index contributed by atoms with van der Waals surface area (Å²) in [5.41, 5.74) is 2.92. The van der Waals surface area contributed by atoms with E-state index < -0.39 is 0 Å². The Morgan fingerprint density at radius 2 is 1.83 bits per heavy atom. The number of nitrogens with zero attached hydrogens (tertiary/aromatic N) is 2. The molecular formula is C15H16N2O.